The normalized spacial score (nSPS) is 9.43. The first-order valence-corrected chi connectivity index (χ1v) is 4.44. The predicted octanol–water partition coefficient (Wildman–Crippen LogP) is 0.318. The van der Waals surface area contributed by atoms with Crippen molar-refractivity contribution in [2.45, 2.75) is 0 Å². The Morgan fingerprint density at radius 3 is 2.14 bits per heavy atom. The molecule has 0 aliphatic carbocycles. The van der Waals surface area contributed by atoms with E-state index in [0.717, 1.165) is 0 Å². The van der Waals surface area contributed by atoms with E-state index in [0.29, 0.717) is 5.02 Å². The molecule has 14 heavy (non-hydrogen) atoms. The van der Waals surface area contributed by atoms with Crippen molar-refractivity contribution in [3.8, 4) is 0 Å². The Morgan fingerprint density at radius 2 is 2.00 bits per heavy atom. The van der Waals surface area contributed by atoms with Crippen LogP contribution < -0.4 is 4.57 Å². The Morgan fingerprint density at radius 1 is 1.29 bits per heavy atom. The molecule has 0 bridgehead atoms. The van der Waals surface area contributed by atoms with Crippen LogP contribution in [0.2, 0.25) is 5.02 Å². The summed E-state index contributed by atoms with van der Waals surface area (Å²) in [5, 5.41) is 8.38. The molecule has 0 spiro atoms. The highest BCUT2D eigenvalue weighted by molar-refractivity contribution is 6.30. The van der Waals surface area contributed by atoms with Crippen LogP contribution in [0.25, 0.3) is 0 Å². The van der Waals surface area contributed by atoms with Crippen LogP contribution >= 0.6 is 11.6 Å². The molecule has 0 saturated heterocycles. The minimum absolute atomic E-state index is 0.683. The van der Waals surface area contributed by atoms with Gasteiger partial charge in [0.2, 0.25) is 6.33 Å². The lowest BCUT2D eigenvalue weighted by Crippen LogP contribution is -2.23. The minimum Gasteiger partial charge on any atom is -0.274 e. The van der Waals surface area contributed by atoms with Gasteiger partial charge >= 0.3 is 0 Å². The summed E-state index contributed by atoms with van der Waals surface area (Å²) >= 11 is 5.48. The molecule has 2 rings (SSSR count). The van der Waals surface area contributed by atoms with Crippen LogP contribution in [0.1, 0.15) is 0 Å². The molecule has 0 atom stereocenters. The van der Waals surface area contributed by atoms with E-state index in [2.05, 4.69) is 10.2 Å². The number of nitrogens with zero attached hydrogens (tertiary/aromatic N) is 5. The second-order valence-corrected chi connectivity index (χ2v) is 3.35. The van der Waals surface area contributed by atoms with Crippen LogP contribution in [0.5, 0.6) is 0 Å². The molecule has 6 heteroatoms. The van der Waals surface area contributed by atoms with E-state index >= 15 is 0 Å². The van der Waals surface area contributed by atoms with Gasteiger partial charge in [0.05, 0.1) is 25.3 Å². The van der Waals surface area contributed by atoms with E-state index in [-0.39, 0.29) is 0 Å². The third kappa shape index (κ3) is 3.57. The Bertz CT molecular complexity index is 321. The zero-order chi connectivity index (χ0) is 10.6. The van der Waals surface area contributed by atoms with Crippen molar-refractivity contribution in [1.29, 1.82) is 0 Å². The number of hydrogen-bond acceptors (Lipinski definition) is 2. The maximum absolute atomic E-state index is 5.48. The third-order valence-corrected chi connectivity index (χ3v) is 1.63. The van der Waals surface area contributed by atoms with Crippen LogP contribution in [-0.4, -0.2) is 19.6 Å². The fourth-order valence-electron chi connectivity index (χ4n) is 0.878. The molecular weight excluding hydrogens is 202 g/mol. The second kappa shape index (κ2) is 4.76. The molecule has 0 saturated carbocycles. The largest absolute Gasteiger partial charge is 0.274 e. The smallest absolute Gasteiger partial charge is 0.264 e. The van der Waals surface area contributed by atoms with Crippen molar-refractivity contribution in [1.82, 2.24) is 19.6 Å². The quantitative estimate of drug-likeness (QED) is 0.593. The van der Waals surface area contributed by atoms with Gasteiger partial charge in [0.15, 0.2) is 0 Å². The van der Waals surface area contributed by atoms with Crippen LogP contribution in [0, 0.1) is 0 Å². The summed E-state index contributed by atoms with van der Waals surface area (Å²) in [6, 6.07) is 0. The zero-order valence-electron chi connectivity index (χ0n) is 8.42. The maximum atomic E-state index is 5.48. The summed E-state index contributed by atoms with van der Waals surface area (Å²) in [7, 11) is 5.65. The standard InChI is InChI=1S/C4H5ClN2.C4H8N3/c1-7-3-4(5)2-6-7;1-6-3-5-7(2)4-6/h2-3H,1H3;3-4H,1-2H3/q;+1. The number of rotatable bonds is 0. The summed E-state index contributed by atoms with van der Waals surface area (Å²) < 4.78 is 5.29. The van der Waals surface area contributed by atoms with Gasteiger partial charge in [-0.2, -0.15) is 5.10 Å². The summed E-state index contributed by atoms with van der Waals surface area (Å²) in [6.45, 7) is 0. The molecule has 0 aliphatic rings. The molecule has 0 radical (unpaired) electrons. The summed E-state index contributed by atoms with van der Waals surface area (Å²) in [5.41, 5.74) is 0. The Kier molecular flexibility index (Phi) is 3.64. The fraction of sp³-hybridized carbons (Fsp3) is 0.375. The summed E-state index contributed by atoms with van der Waals surface area (Å²) in [4.78, 5) is 0. The summed E-state index contributed by atoms with van der Waals surface area (Å²) in [6.07, 6.45) is 6.98. The van der Waals surface area contributed by atoms with Gasteiger partial charge in [0.25, 0.3) is 6.33 Å². The van der Waals surface area contributed by atoms with Gasteiger partial charge in [0.1, 0.15) is 0 Å². The second-order valence-electron chi connectivity index (χ2n) is 2.92. The van der Waals surface area contributed by atoms with E-state index in [1.165, 1.54) is 0 Å². The Hall–Kier alpha value is -1.36. The van der Waals surface area contributed by atoms with Crippen molar-refractivity contribution in [2.24, 2.45) is 21.1 Å². The SMILES string of the molecule is Cn1c[n+](C)cn1.Cn1cc(Cl)cn1. The van der Waals surface area contributed by atoms with Crippen LogP contribution in [0.4, 0.5) is 0 Å². The number of aromatic nitrogens is 5. The highest BCUT2D eigenvalue weighted by Crippen LogP contribution is 2.01. The molecule has 0 unspecified atom stereocenters. The van der Waals surface area contributed by atoms with Crippen molar-refractivity contribution >= 4 is 11.6 Å². The topological polar surface area (TPSA) is 39.5 Å². The van der Waals surface area contributed by atoms with Crippen molar-refractivity contribution in [2.75, 3.05) is 0 Å². The average molecular weight is 215 g/mol. The van der Waals surface area contributed by atoms with Crippen molar-refractivity contribution < 1.29 is 4.57 Å². The van der Waals surface area contributed by atoms with Crippen LogP contribution in [0.3, 0.4) is 0 Å². The molecule has 76 valence electrons. The monoisotopic (exact) mass is 214 g/mol. The molecule has 0 fully saturated rings. The lowest BCUT2D eigenvalue weighted by Gasteiger charge is -1.77. The molecule has 0 aromatic carbocycles. The first-order chi connectivity index (χ1) is 6.58. The zero-order valence-corrected chi connectivity index (χ0v) is 9.18. The van der Waals surface area contributed by atoms with E-state index in [4.69, 9.17) is 11.6 Å². The van der Waals surface area contributed by atoms with Gasteiger partial charge in [0, 0.05) is 18.3 Å². The van der Waals surface area contributed by atoms with Crippen molar-refractivity contribution in [3.63, 3.8) is 0 Å². The molecule has 2 aromatic heterocycles. The van der Waals surface area contributed by atoms with Gasteiger partial charge < -0.3 is 0 Å². The average Bonchev–Trinajstić information content (AvgIpc) is 2.63. The molecular formula is C8H13ClN5+. The molecule has 2 heterocycles. The van der Waals surface area contributed by atoms with Crippen LogP contribution in [0.15, 0.2) is 25.0 Å². The van der Waals surface area contributed by atoms with Gasteiger partial charge in [-0.15, -0.1) is 4.68 Å². The van der Waals surface area contributed by atoms with Crippen LogP contribution in [-0.2, 0) is 21.1 Å². The van der Waals surface area contributed by atoms with Gasteiger partial charge in [-0.25, -0.2) is 4.57 Å². The van der Waals surface area contributed by atoms with E-state index in [1.807, 2.05) is 32.0 Å². The van der Waals surface area contributed by atoms with Crippen molar-refractivity contribution in [3.05, 3.63) is 30.1 Å². The fourth-order valence-corrected chi connectivity index (χ4v) is 1.06. The number of aryl methyl sites for hydroxylation is 3. The molecule has 2 aromatic rings. The van der Waals surface area contributed by atoms with E-state index < -0.39 is 0 Å². The summed E-state index contributed by atoms with van der Waals surface area (Å²) in [5.74, 6) is 0. The maximum Gasteiger partial charge on any atom is 0.264 e. The van der Waals surface area contributed by atoms with Gasteiger partial charge in [-0.05, 0) is 0 Å². The Labute approximate surface area is 87.5 Å². The molecule has 0 aliphatic heterocycles. The molecule has 5 nitrogen and oxygen atoms in total. The number of hydrogen-bond donors (Lipinski definition) is 0. The molecule has 0 amide bonds. The lowest BCUT2D eigenvalue weighted by atomic mass is 10.7. The van der Waals surface area contributed by atoms with E-state index in [9.17, 15) is 0 Å². The Balaban J connectivity index is 0.000000140. The lowest BCUT2D eigenvalue weighted by molar-refractivity contribution is -0.672. The third-order valence-electron chi connectivity index (χ3n) is 1.44. The van der Waals surface area contributed by atoms with Gasteiger partial charge in [-0.1, -0.05) is 11.6 Å². The highest BCUT2D eigenvalue weighted by atomic mass is 35.5. The first kappa shape index (κ1) is 10.7. The minimum atomic E-state index is 0.683. The van der Waals surface area contributed by atoms with E-state index in [1.54, 1.807) is 28.1 Å². The predicted molar refractivity (Wildman–Crippen MR) is 52.6 cm³/mol. The first-order valence-electron chi connectivity index (χ1n) is 4.06. The number of halogens is 1. The van der Waals surface area contributed by atoms with Gasteiger partial charge in [-0.3, -0.25) is 4.68 Å². The highest BCUT2D eigenvalue weighted by Gasteiger charge is 1.90. The molecule has 0 N–H and O–H groups in total.